The van der Waals surface area contributed by atoms with Crippen molar-refractivity contribution in [2.24, 2.45) is 0 Å². The minimum atomic E-state index is 0.406. The van der Waals surface area contributed by atoms with E-state index in [4.69, 9.17) is 11.6 Å². The molecule has 0 saturated heterocycles. The molecule has 0 amide bonds. The topological polar surface area (TPSA) is 3.24 Å². The molecule has 1 aliphatic heterocycles. The third-order valence-corrected chi connectivity index (χ3v) is 5.00. The van der Waals surface area contributed by atoms with Crippen molar-refractivity contribution in [2.45, 2.75) is 22.3 Å². The van der Waals surface area contributed by atoms with E-state index in [2.05, 4.69) is 55.4 Å². The fourth-order valence-corrected chi connectivity index (χ4v) is 3.86. The van der Waals surface area contributed by atoms with Crippen LogP contribution < -0.4 is 0 Å². The zero-order valence-corrected chi connectivity index (χ0v) is 12.6. The van der Waals surface area contributed by atoms with E-state index < -0.39 is 0 Å². The number of hydrogen-bond donors (Lipinski definition) is 0. The molecule has 0 fully saturated rings. The van der Waals surface area contributed by atoms with E-state index in [1.165, 1.54) is 20.9 Å². The van der Waals surface area contributed by atoms with Gasteiger partial charge in [0.05, 0.1) is 0 Å². The molecule has 0 radical (unpaired) electrons. The summed E-state index contributed by atoms with van der Waals surface area (Å²) in [6.07, 6.45) is 1.01. The van der Waals surface area contributed by atoms with Gasteiger partial charge in [-0.1, -0.05) is 41.6 Å². The predicted octanol–water partition coefficient (Wildman–Crippen LogP) is 4.65. The van der Waals surface area contributed by atoms with Crippen LogP contribution in [0.1, 0.15) is 17.2 Å². The van der Waals surface area contributed by atoms with Gasteiger partial charge in [0.1, 0.15) is 0 Å². The Kier molecular flexibility index (Phi) is 3.57. The Morgan fingerprint density at radius 3 is 2.68 bits per heavy atom. The second-order valence-electron chi connectivity index (χ2n) is 5.08. The molecule has 1 nitrogen and oxygen atoms in total. The summed E-state index contributed by atoms with van der Waals surface area (Å²) in [6, 6.07) is 15.3. The van der Waals surface area contributed by atoms with Crippen LogP contribution in [0.5, 0.6) is 0 Å². The van der Waals surface area contributed by atoms with Crippen molar-refractivity contribution in [1.29, 1.82) is 0 Å². The Bertz CT molecular complexity index is 609. The van der Waals surface area contributed by atoms with Crippen molar-refractivity contribution >= 4 is 23.4 Å². The largest absolute Gasteiger partial charge is 0.302 e. The molecule has 0 saturated carbocycles. The van der Waals surface area contributed by atoms with Crippen LogP contribution in [-0.4, -0.2) is 19.0 Å². The fraction of sp³-hybridized carbons (Fsp3) is 0.250. The Hall–Kier alpha value is -0.960. The maximum absolute atomic E-state index is 6.15. The molecule has 0 spiro atoms. The molecule has 0 bridgehead atoms. The third kappa shape index (κ3) is 2.53. The highest BCUT2D eigenvalue weighted by atomic mass is 35.5. The van der Waals surface area contributed by atoms with Crippen LogP contribution in [-0.2, 0) is 6.42 Å². The molecule has 1 heterocycles. The van der Waals surface area contributed by atoms with Gasteiger partial charge < -0.3 is 4.90 Å². The van der Waals surface area contributed by atoms with Gasteiger partial charge in [-0.25, -0.2) is 0 Å². The van der Waals surface area contributed by atoms with Crippen molar-refractivity contribution in [1.82, 2.24) is 4.90 Å². The summed E-state index contributed by atoms with van der Waals surface area (Å²) in [7, 11) is 4.28. The second kappa shape index (κ2) is 5.20. The van der Waals surface area contributed by atoms with Gasteiger partial charge in [-0.15, -0.1) is 0 Å². The lowest BCUT2D eigenvalue weighted by Gasteiger charge is -2.24. The van der Waals surface area contributed by atoms with Crippen molar-refractivity contribution in [3.05, 3.63) is 58.6 Å². The van der Waals surface area contributed by atoms with E-state index >= 15 is 0 Å². The summed E-state index contributed by atoms with van der Waals surface area (Å²) in [4.78, 5) is 4.96. The minimum absolute atomic E-state index is 0.406. The summed E-state index contributed by atoms with van der Waals surface area (Å²) < 4.78 is 0. The van der Waals surface area contributed by atoms with Crippen LogP contribution in [0, 0.1) is 0 Å². The Balaban J connectivity index is 2.14. The molecule has 1 unspecified atom stereocenters. The lowest BCUT2D eigenvalue weighted by molar-refractivity contribution is 0.294. The summed E-state index contributed by atoms with van der Waals surface area (Å²) in [5, 5.41) is 0.822. The van der Waals surface area contributed by atoms with Crippen molar-refractivity contribution in [3.8, 4) is 0 Å². The van der Waals surface area contributed by atoms with Gasteiger partial charge in [0.15, 0.2) is 0 Å². The predicted molar refractivity (Wildman–Crippen MR) is 82.1 cm³/mol. The number of benzene rings is 2. The minimum Gasteiger partial charge on any atom is -0.302 e. The molecule has 2 aromatic rings. The molecule has 3 heteroatoms. The highest BCUT2D eigenvalue weighted by molar-refractivity contribution is 7.99. The maximum atomic E-state index is 6.15. The van der Waals surface area contributed by atoms with Crippen molar-refractivity contribution in [3.63, 3.8) is 0 Å². The molecular formula is C16H16ClNS. The summed E-state index contributed by atoms with van der Waals surface area (Å²) in [5.74, 6) is 0. The van der Waals surface area contributed by atoms with Gasteiger partial charge >= 0.3 is 0 Å². The van der Waals surface area contributed by atoms with E-state index in [0.29, 0.717) is 6.04 Å². The zero-order chi connectivity index (χ0) is 13.4. The number of halogens is 1. The number of nitrogens with zero attached hydrogens (tertiary/aromatic N) is 1. The van der Waals surface area contributed by atoms with Crippen LogP contribution in [0.3, 0.4) is 0 Å². The zero-order valence-electron chi connectivity index (χ0n) is 11.1. The van der Waals surface area contributed by atoms with Gasteiger partial charge in [0, 0.05) is 20.9 Å². The lowest BCUT2D eigenvalue weighted by Crippen LogP contribution is -2.22. The van der Waals surface area contributed by atoms with Crippen LogP contribution in [0.4, 0.5) is 0 Å². The summed E-state index contributed by atoms with van der Waals surface area (Å²) >= 11 is 7.99. The molecule has 1 atom stereocenters. The molecule has 98 valence electrons. The van der Waals surface area contributed by atoms with E-state index in [0.717, 1.165) is 11.4 Å². The van der Waals surface area contributed by atoms with E-state index in [1.807, 2.05) is 17.8 Å². The average molecular weight is 290 g/mol. The molecule has 0 aromatic heterocycles. The first-order valence-electron chi connectivity index (χ1n) is 6.37. The van der Waals surface area contributed by atoms with Gasteiger partial charge in [0.2, 0.25) is 0 Å². The van der Waals surface area contributed by atoms with Crippen LogP contribution in [0.2, 0.25) is 5.02 Å². The molecular weight excluding hydrogens is 274 g/mol. The molecule has 19 heavy (non-hydrogen) atoms. The highest BCUT2D eigenvalue weighted by Gasteiger charge is 2.23. The SMILES string of the molecule is CN(C)C1Cc2cc(Cl)ccc2Sc2ccccc21. The quantitative estimate of drug-likeness (QED) is 0.752. The van der Waals surface area contributed by atoms with Crippen molar-refractivity contribution in [2.75, 3.05) is 14.1 Å². The maximum Gasteiger partial charge on any atom is 0.0409 e. The first kappa shape index (κ1) is 13.0. The first-order valence-corrected chi connectivity index (χ1v) is 7.56. The molecule has 1 aliphatic rings. The first-order chi connectivity index (χ1) is 9.15. The monoisotopic (exact) mass is 289 g/mol. The molecule has 2 aromatic carbocycles. The number of rotatable bonds is 1. The van der Waals surface area contributed by atoms with E-state index in [9.17, 15) is 0 Å². The van der Waals surface area contributed by atoms with Gasteiger partial charge in [0.25, 0.3) is 0 Å². The summed E-state index contributed by atoms with van der Waals surface area (Å²) in [6.45, 7) is 0. The summed E-state index contributed by atoms with van der Waals surface area (Å²) in [5.41, 5.74) is 2.75. The van der Waals surface area contributed by atoms with Crippen LogP contribution in [0.15, 0.2) is 52.3 Å². The number of fused-ring (bicyclic) bond motifs is 2. The second-order valence-corrected chi connectivity index (χ2v) is 6.60. The van der Waals surface area contributed by atoms with Gasteiger partial charge in [-0.2, -0.15) is 0 Å². The van der Waals surface area contributed by atoms with Crippen LogP contribution in [0.25, 0.3) is 0 Å². The molecule has 0 N–H and O–H groups in total. The highest BCUT2D eigenvalue weighted by Crippen LogP contribution is 2.42. The van der Waals surface area contributed by atoms with Gasteiger partial charge in [-0.05, 0) is 55.9 Å². The van der Waals surface area contributed by atoms with Gasteiger partial charge in [-0.3, -0.25) is 0 Å². The Labute approximate surface area is 123 Å². The fourth-order valence-electron chi connectivity index (χ4n) is 2.55. The number of hydrogen-bond acceptors (Lipinski definition) is 2. The normalized spacial score (nSPS) is 17.8. The smallest absolute Gasteiger partial charge is 0.0409 e. The Morgan fingerprint density at radius 2 is 1.89 bits per heavy atom. The molecule has 0 aliphatic carbocycles. The van der Waals surface area contributed by atoms with Crippen molar-refractivity contribution < 1.29 is 0 Å². The van der Waals surface area contributed by atoms with E-state index in [-0.39, 0.29) is 0 Å². The molecule has 3 rings (SSSR count). The third-order valence-electron chi connectivity index (χ3n) is 3.56. The number of likely N-dealkylation sites (N-methyl/N-ethyl adjacent to an activating group) is 1. The lowest BCUT2D eigenvalue weighted by atomic mass is 9.98. The Morgan fingerprint density at radius 1 is 1.11 bits per heavy atom. The van der Waals surface area contributed by atoms with E-state index in [1.54, 1.807) is 0 Å². The van der Waals surface area contributed by atoms with Crippen LogP contribution >= 0.6 is 23.4 Å². The average Bonchev–Trinajstić information content (AvgIpc) is 2.55. The standard InChI is InChI=1S/C16H16ClNS/c1-18(2)14-10-11-9-12(17)7-8-15(11)19-16-6-4-3-5-13(14)16/h3-9,14H,10H2,1-2H3.